The largest absolute Gasteiger partial charge is 0.379 e. The van der Waals surface area contributed by atoms with Gasteiger partial charge < -0.3 is 9.72 Å². The monoisotopic (exact) mass is 301 g/mol. The fourth-order valence-electron chi connectivity index (χ4n) is 2.15. The van der Waals surface area contributed by atoms with E-state index in [9.17, 15) is 13.2 Å². The molecule has 0 radical (unpaired) electrons. The molecule has 8 heteroatoms. The third kappa shape index (κ3) is 3.89. The summed E-state index contributed by atoms with van der Waals surface area (Å²) in [5.41, 5.74) is -0.519. The van der Waals surface area contributed by atoms with Gasteiger partial charge in [0.15, 0.2) is 0 Å². The number of rotatable bonds is 5. The zero-order valence-corrected chi connectivity index (χ0v) is 12.1. The maximum absolute atomic E-state index is 12.1. The molecule has 1 saturated heterocycles. The van der Waals surface area contributed by atoms with Gasteiger partial charge in [0.2, 0.25) is 15.5 Å². The third-order valence-electron chi connectivity index (χ3n) is 3.07. The maximum Gasteiger partial charge on any atom is 0.246 e. The van der Waals surface area contributed by atoms with Crippen LogP contribution in [0.3, 0.4) is 0 Å². The van der Waals surface area contributed by atoms with Gasteiger partial charge >= 0.3 is 0 Å². The lowest BCUT2D eigenvalue weighted by Crippen LogP contribution is -2.46. The Hall–Kier alpha value is -1.22. The number of hydrogen-bond acceptors (Lipinski definition) is 5. The molecule has 0 amide bonds. The summed E-state index contributed by atoms with van der Waals surface area (Å²) in [6.45, 7) is 5.28. The summed E-state index contributed by atoms with van der Waals surface area (Å²) in [5.74, 6) is 0. The highest BCUT2D eigenvalue weighted by molar-refractivity contribution is 7.89. The molecule has 1 aromatic rings. The van der Waals surface area contributed by atoms with Gasteiger partial charge in [0.25, 0.3) is 0 Å². The number of morpholine rings is 1. The van der Waals surface area contributed by atoms with E-state index >= 15 is 0 Å². The summed E-state index contributed by atoms with van der Waals surface area (Å²) in [5, 5.41) is 0. The van der Waals surface area contributed by atoms with Gasteiger partial charge in [-0.3, -0.25) is 9.69 Å². The molecule has 1 atom stereocenters. The molecule has 0 bridgehead atoms. The number of pyridine rings is 1. The second-order valence-corrected chi connectivity index (χ2v) is 6.49. The number of aromatic amines is 1. The molecule has 0 spiro atoms. The van der Waals surface area contributed by atoms with E-state index in [1.54, 1.807) is 6.92 Å². The van der Waals surface area contributed by atoms with Gasteiger partial charge in [-0.05, 0) is 6.92 Å². The molecule has 2 rings (SSSR count). The highest BCUT2D eigenvalue weighted by Crippen LogP contribution is 2.04. The fourth-order valence-corrected chi connectivity index (χ4v) is 3.43. The Morgan fingerprint density at radius 3 is 2.80 bits per heavy atom. The average molecular weight is 301 g/mol. The predicted molar refractivity (Wildman–Crippen MR) is 74.1 cm³/mol. The summed E-state index contributed by atoms with van der Waals surface area (Å²) < 4.78 is 32.0. The Balaban J connectivity index is 2.01. The van der Waals surface area contributed by atoms with Crippen LogP contribution in [0, 0.1) is 0 Å². The normalized spacial score (nSPS) is 18.9. The van der Waals surface area contributed by atoms with Crippen molar-refractivity contribution in [3.63, 3.8) is 0 Å². The second-order valence-electron chi connectivity index (χ2n) is 4.81. The topological polar surface area (TPSA) is 91.5 Å². The Morgan fingerprint density at radius 1 is 1.45 bits per heavy atom. The van der Waals surface area contributed by atoms with Crippen LogP contribution in [0.15, 0.2) is 28.2 Å². The standard InChI is InChI=1S/C12H19N3O4S/c1-10(9-15-4-6-19-7-5-15)14-20(17,18)12-8-13-3-2-11(12)16/h2-3,8,10,14H,4-7,9H2,1H3,(H,13,16). The lowest BCUT2D eigenvalue weighted by Gasteiger charge is -2.29. The third-order valence-corrected chi connectivity index (χ3v) is 4.68. The number of hydrogen-bond donors (Lipinski definition) is 2. The minimum Gasteiger partial charge on any atom is -0.379 e. The molecule has 1 aromatic heterocycles. The number of nitrogens with one attached hydrogen (secondary N) is 2. The molecule has 0 aliphatic carbocycles. The highest BCUT2D eigenvalue weighted by atomic mass is 32.2. The first kappa shape index (κ1) is 15.2. The Kier molecular flexibility index (Phi) is 4.92. The van der Waals surface area contributed by atoms with Crippen molar-refractivity contribution >= 4 is 10.0 Å². The number of nitrogens with zero attached hydrogens (tertiary/aromatic N) is 1. The molecule has 7 nitrogen and oxygen atoms in total. The Labute approximate surface area is 118 Å². The van der Waals surface area contributed by atoms with Crippen LogP contribution in [0.5, 0.6) is 0 Å². The minimum atomic E-state index is -3.79. The van der Waals surface area contributed by atoms with Gasteiger partial charge in [0, 0.05) is 44.1 Å². The van der Waals surface area contributed by atoms with Crippen molar-refractivity contribution < 1.29 is 13.2 Å². The predicted octanol–water partition coefficient (Wildman–Crippen LogP) is -0.626. The van der Waals surface area contributed by atoms with Crippen molar-refractivity contribution in [2.24, 2.45) is 0 Å². The molecular formula is C12H19N3O4S. The first-order valence-corrected chi connectivity index (χ1v) is 7.97. The zero-order valence-electron chi connectivity index (χ0n) is 11.3. The van der Waals surface area contributed by atoms with E-state index in [1.165, 1.54) is 18.5 Å². The van der Waals surface area contributed by atoms with Crippen molar-refractivity contribution in [1.82, 2.24) is 14.6 Å². The van der Waals surface area contributed by atoms with E-state index in [4.69, 9.17) is 4.74 Å². The van der Waals surface area contributed by atoms with Gasteiger partial charge in [-0.15, -0.1) is 0 Å². The van der Waals surface area contributed by atoms with E-state index in [2.05, 4.69) is 14.6 Å². The van der Waals surface area contributed by atoms with Crippen LogP contribution in [0.25, 0.3) is 0 Å². The molecule has 1 aliphatic rings. The second kappa shape index (κ2) is 6.49. The number of ether oxygens (including phenoxy) is 1. The fraction of sp³-hybridized carbons (Fsp3) is 0.583. The van der Waals surface area contributed by atoms with Crippen molar-refractivity contribution in [2.75, 3.05) is 32.8 Å². The molecule has 112 valence electrons. The van der Waals surface area contributed by atoms with Gasteiger partial charge in [0.1, 0.15) is 4.90 Å². The van der Waals surface area contributed by atoms with Crippen LogP contribution in [0.1, 0.15) is 6.92 Å². The lowest BCUT2D eigenvalue weighted by molar-refractivity contribution is 0.0354. The van der Waals surface area contributed by atoms with Crippen LogP contribution in [-0.4, -0.2) is 57.2 Å². The quantitative estimate of drug-likeness (QED) is 0.756. The molecule has 2 N–H and O–H groups in total. The summed E-state index contributed by atoms with van der Waals surface area (Å²) in [6.07, 6.45) is 2.60. The number of sulfonamides is 1. The highest BCUT2D eigenvalue weighted by Gasteiger charge is 2.22. The molecule has 1 aliphatic heterocycles. The van der Waals surface area contributed by atoms with Crippen molar-refractivity contribution in [3.8, 4) is 0 Å². The molecule has 2 heterocycles. The van der Waals surface area contributed by atoms with Crippen LogP contribution in [0.2, 0.25) is 0 Å². The molecule has 0 saturated carbocycles. The van der Waals surface area contributed by atoms with Crippen molar-refractivity contribution in [2.45, 2.75) is 17.9 Å². The van der Waals surface area contributed by atoms with E-state index in [1.807, 2.05) is 0 Å². The molecule has 20 heavy (non-hydrogen) atoms. The Morgan fingerprint density at radius 2 is 2.15 bits per heavy atom. The summed E-state index contributed by atoms with van der Waals surface area (Å²) in [6, 6.07) is 0.916. The number of H-pyrrole nitrogens is 1. The average Bonchev–Trinajstić information content (AvgIpc) is 2.39. The van der Waals surface area contributed by atoms with Gasteiger partial charge in [0.05, 0.1) is 13.2 Å². The summed E-state index contributed by atoms with van der Waals surface area (Å²) in [7, 11) is -3.79. The summed E-state index contributed by atoms with van der Waals surface area (Å²) >= 11 is 0. The first-order valence-electron chi connectivity index (χ1n) is 6.48. The van der Waals surface area contributed by atoms with Gasteiger partial charge in [-0.1, -0.05) is 0 Å². The van der Waals surface area contributed by atoms with Crippen molar-refractivity contribution in [3.05, 3.63) is 28.7 Å². The van der Waals surface area contributed by atoms with Crippen LogP contribution in [-0.2, 0) is 14.8 Å². The molecule has 0 aromatic carbocycles. The van der Waals surface area contributed by atoms with E-state index in [-0.39, 0.29) is 10.9 Å². The summed E-state index contributed by atoms with van der Waals surface area (Å²) in [4.78, 5) is 16.1. The van der Waals surface area contributed by atoms with Crippen LogP contribution in [0.4, 0.5) is 0 Å². The van der Waals surface area contributed by atoms with E-state index in [0.717, 1.165) is 13.1 Å². The minimum absolute atomic E-state index is 0.256. The number of aromatic nitrogens is 1. The van der Waals surface area contributed by atoms with Gasteiger partial charge in [-0.2, -0.15) is 0 Å². The van der Waals surface area contributed by atoms with E-state index in [0.29, 0.717) is 19.8 Å². The maximum atomic E-state index is 12.1. The van der Waals surface area contributed by atoms with E-state index < -0.39 is 15.5 Å². The Bertz CT molecular complexity index is 593. The van der Waals surface area contributed by atoms with Crippen molar-refractivity contribution in [1.29, 1.82) is 0 Å². The van der Waals surface area contributed by atoms with Crippen LogP contribution >= 0.6 is 0 Å². The lowest BCUT2D eigenvalue weighted by atomic mass is 10.3. The molecule has 1 fully saturated rings. The SMILES string of the molecule is CC(CN1CCOCC1)NS(=O)(=O)c1c[nH]ccc1=O. The van der Waals surface area contributed by atoms with Gasteiger partial charge in [-0.25, -0.2) is 13.1 Å². The molecule has 1 unspecified atom stereocenters. The van der Waals surface area contributed by atoms with Crippen LogP contribution < -0.4 is 10.2 Å². The smallest absolute Gasteiger partial charge is 0.246 e. The first-order chi connectivity index (χ1) is 9.49. The zero-order chi connectivity index (χ0) is 14.6. The molecular weight excluding hydrogens is 282 g/mol.